The van der Waals surface area contributed by atoms with Gasteiger partial charge in [0.2, 0.25) is 10.0 Å². The number of nitrogens with zero attached hydrogens (tertiary/aromatic N) is 3. The molecule has 0 saturated carbocycles. The SMILES string of the molecule is CCc1ccc(C2CNCCN2S(=O)(=O)c2cnn(C)c2)cc1. The Hall–Kier alpha value is -1.70. The van der Waals surface area contributed by atoms with Crippen molar-refractivity contribution in [1.29, 1.82) is 0 Å². The van der Waals surface area contributed by atoms with E-state index in [1.54, 1.807) is 17.5 Å². The second kappa shape index (κ2) is 6.43. The van der Waals surface area contributed by atoms with Crippen LogP contribution in [0.15, 0.2) is 41.6 Å². The second-order valence-corrected chi connectivity index (χ2v) is 7.67. The molecule has 1 aliphatic heterocycles. The Bertz CT molecular complexity index is 768. The lowest BCUT2D eigenvalue weighted by Gasteiger charge is -2.35. The minimum atomic E-state index is -3.54. The fourth-order valence-corrected chi connectivity index (χ4v) is 4.50. The molecule has 6 nitrogen and oxygen atoms in total. The Balaban J connectivity index is 1.94. The number of hydrogen-bond acceptors (Lipinski definition) is 4. The lowest BCUT2D eigenvalue weighted by molar-refractivity contribution is 0.271. The van der Waals surface area contributed by atoms with Gasteiger partial charge in [-0.2, -0.15) is 9.40 Å². The third kappa shape index (κ3) is 3.17. The van der Waals surface area contributed by atoms with Crippen LogP contribution in [0.2, 0.25) is 0 Å². The molecule has 1 atom stereocenters. The van der Waals surface area contributed by atoms with Crippen molar-refractivity contribution < 1.29 is 8.42 Å². The Morgan fingerprint density at radius 3 is 2.65 bits per heavy atom. The molecule has 1 N–H and O–H groups in total. The van der Waals surface area contributed by atoms with Crippen LogP contribution in [0.1, 0.15) is 24.1 Å². The summed E-state index contributed by atoms with van der Waals surface area (Å²) >= 11 is 0. The highest BCUT2D eigenvalue weighted by Crippen LogP contribution is 2.28. The zero-order valence-corrected chi connectivity index (χ0v) is 14.3. The van der Waals surface area contributed by atoms with Crippen LogP contribution in [0.25, 0.3) is 0 Å². The molecule has 1 aromatic carbocycles. The predicted octanol–water partition coefficient (Wildman–Crippen LogP) is 1.32. The van der Waals surface area contributed by atoms with E-state index in [2.05, 4.69) is 29.5 Å². The maximum absolute atomic E-state index is 13.0. The molecule has 2 heterocycles. The molecule has 1 fully saturated rings. The summed E-state index contributed by atoms with van der Waals surface area (Å²) in [5, 5.41) is 7.29. The fourth-order valence-electron chi connectivity index (χ4n) is 2.90. The molecule has 0 radical (unpaired) electrons. The quantitative estimate of drug-likeness (QED) is 0.916. The average molecular weight is 334 g/mol. The van der Waals surface area contributed by atoms with Crippen molar-refractivity contribution in [1.82, 2.24) is 19.4 Å². The highest BCUT2D eigenvalue weighted by molar-refractivity contribution is 7.89. The van der Waals surface area contributed by atoms with Crippen molar-refractivity contribution >= 4 is 10.0 Å². The van der Waals surface area contributed by atoms with Crippen LogP contribution >= 0.6 is 0 Å². The van der Waals surface area contributed by atoms with Crippen molar-refractivity contribution in [3.8, 4) is 0 Å². The highest BCUT2D eigenvalue weighted by Gasteiger charge is 2.35. The van der Waals surface area contributed by atoms with E-state index in [1.165, 1.54) is 16.4 Å². The summed E-state index contributed by atoms with van der Waals surface area (Å²) in [4.78, 5) is 0.247. The molecule has 124 valence electrons. The van der Waals surface area contributed by atoms with Gasteiger partial charge in [0, 0.05) is 32.9 Å². The summed E-state index contributed by atoms with van der Waals surface area (Å²) in [5.74, 6) is 0. The first kappa shape index (κ1) is 16.2. The maximum atomic E-state index is 13.0. The van der Waals surface area contributed by atoms with Gasteiger partial charge in [0.05, 0.1) is 12.2 Å². The largest absolute Gasteiger partial charge is 0.313 e. The molecule has 2 aromatic rings. The topological polar surface area (TPSA) is 67.2 Å². The van der Waals surface area contributed by atoms with Gasteiger partial charge in [-0.25, -0.2) is 8.42 Å². The molecule has 0 bridgehead atoms. The van der Waals surface area contributed by atoms with Crippen molar-refractivity contribution in [3.63, 3.8) is 0 Å². The summed E-state index contributed by atoms with van der Waals surface area (Å²) < 4.78 is 29.0. The van der Waals surface area contributed by atoms with E-state index in [4.69, 9.17) is 0 Å². The van der Waals surface area contributed by atoms with E-state index in [0.29, 0.717) is 19.6 Å². The van der Waals surface area contributed by atoms with Gasteiger partial charge in [0.15, 0.2) is 0 Å². The van der Waals surface area contributed by atoms with Crippen molar-refractivity contribution in [2.75, 3.05) is 19.6 Å². The van der Waals surface area contributed by atoms with Crippen molar-refractivity contribution in [2.45, 2.75) is 24.3 Å². The lowest BCUT2D eigenvalue weighted by atomic mass is 10.0. The van der Waals surface area contributed by atoms with Gasteiger partial charge in [-0.1, -0.05) is 31.2 Å². The molecular formula is C16H22N4O2S. The Labute approximate surface area is 137 Å². The first-order chi connectivity index (χ1) is 11.0. The summed E-state index contributed by atoms with van der Waals surface area (Å²) in [7, 11) is -1.82. The van der Waals surface area contributed by atoms with E-state index < -0.39 is 10.0 Å². The minimum Gasteiger partial charge on any atom is -0.313 e. The van der Waals surface area contributed by atoms with Crippen LogP contribution in [0.5, 0.6) is 0 Å². The molecule has 1 aliphatic rings. The summed E-state index contributed by atoms with van der Waals surface area (Å²) in [6.07, 6.45) is 3.93. The van der Waals surface area contributed by atoms with E-state index in [0.717, 1.165) is 12.0 Å². The third-order valence-electron chi connectivity index (χ3n) is 4.25. The number of rotatable bonds is 4. The van der Waals surface area contributed by atoms with Crippen molar-refractivity contribution in [3.05, 3.63) is 47.8 Å². The fraction of sp³-hybridized carbons (Fsp3) is 0.438. The number of piperazine rings is 1. The second-order valence-electron chi connectivity index (χ2n) is 5.78. The summed E-state index contributed by atoms with van der Waals surface area (Å²) in [6, 6.07) is 8.00. The first-order valence-electron chi connectivity index (χ1n) is 7.82. The van der Waals surface area contributed by atoms with Gasteiger partial charge < -0.3 is 5.32 Å². The molecule has 1 aromatic heterocycles. The lowest BCUT2D eigenvalue weighted by Crippen LogP contribution is -2.48. The molecule has 7 heteroatoms. The smallest absolute Gasteiger partial charge is 0.246 e. The van der Waals surface area contributed by atoms with E-state index in [9.17, 15) is 8.42 Å². The zero-order chi connectivity index (χ0) is 16.4. The average Bonchev–Trinajstić information content (AvgIpc) is 3.02. The van der Waals surface area contributed by atoms with E-state index >= 15 is 0 Å². The van der Waals surface area contributed by atoms with Crippen LogP contribution in [0.4, 0.5) is 0 Å². The standard InChI is InChI=1S/C16H22N4O2S/c1-3-13-4-6-14(7-5-13)16-11-17-8-9-20(16)23(21,22)15-10-18-19(2)12-15/h4-7,10,12,16-17H,3,8-9,11H2,1-2H3. The number of hydrogen-bond donors (Lipinski definition) is 1. The minimum absolute atomic E-state index is 0.195. The molecule has 0 amide bonds. The number of sulfonamides is 1. The van der Waals surface area contributed by atoms with Crippen LogP contribution in [-0.2, 0) is 23.5 Å². The van der Waals surface area contributed by atoms with Crippen LogP contribution in [-0.4, -0.2) is 42.1 Å². The number of nitrogens with one attached hydrogen (secondary N) is 1. The molecule has 23 heavy (non-hydrogen) atoms. The molecule has 0 spiro atoms. The van der Waals surface area contributed by atoms with E-state index in [-0.39, 0.29) is 10.9 Å². The summed E-state index contributed by atoms with van der Waals surface area (Å²) in [6.45, 7) is 3.84. The van der Waals surface area contributed by atoms with Gasteiger partial charge in [-0.05, 0) is 17.5 Å². The Kier molecular flexibility index (Phi) is 4.52. The van der Waals surface area contributed by atoms with Crippen molar-refractivity contribution in [2.24, 2.45) is 7.05 Å². The van der Waals surface area contributed by atoms with E-state index in [1.807, 2.05) is 12.1 Å². The number of benzene rings is 1. The normalized spacial score (nSPS) is 19.8. The third-order valence-corrected chi connectivity index (χ3v) is 6.12. The van der Waals surface area contributed by atoms with Crippen LogP contribution in [0.3, 0.4) is 0 Å². The van der Waals surface area contributed by atoms with Gasteiger partial charge in [0.25, 0.3) is 0 Å². The zero-order valence-electron chi connectivity index (χ0n) is 13.4. The molecule has 0 aliphatic carbocycles. The Morgan fingerprint density at radius 2 is 2.04 bits per heavy atom. The highest BCUT2D eigenvalue weighted by atomic mass is 32.2. The van der Waals surface area contributed by atoms with Crippen LogP contribution < -0.4 is 5.32 Å². The first-order valence-corrected chi connectivity index (χ1v) is 9.26. The van der Waals surface area contributed by atoms with Gasteiger partial charge in [0.1, 0.15) is 4.90 Å². The molecule has 1 saturated heterocycles. The maximum Gasteiger partial charge on any atom is 0.246 e. The monoisotopic (exact) mass is 334 g/mol. The summed E-state index contributed by atoms with van der Waals surface area (Å²) in [5.41, 5.74) is 2.26. The van der Waals surface area contributed by atoms with Crippen LogP contribution in [0, 0.1) is 0 Å². The van der Waals surface area contributed by atoms with Gasteiger partial charge >= 0.3 is 0 Å². The van der Waals surface area contributed by atoms with Gasteiger partial charge in [-0.15, -0.1) is 0 Å². The Morgan fingerprint density at radius 1 is 1.30 bits per heavy atom. The molecule has 1 unspecified atom stereocenters. The molecule has 3 rings (SSSR count). The number of aryl methyl sites for hydroxylation is 2. The predicted molar refractivity (Wildman–Crippen MR) is 88.5 cm³/mol. The molecular weight excluding hydrogens is 312 g/mol. The van der Waals surface area contributed by atoms with Gasteiger partial charge in [-0.3, -0.25) is 4.68 Å². The number of aromatic nitrogens is 2.